The summed E-state index contributed by atoms with van der Waals surface area (Å²) >= 11 is 6.32. The fraction of sp³-hybridized carbons (Fsp3) is 0.263. The number of unbranched alkanes of at least 4 members (excludes halogenated alkanes) is 1. The van der Waals surface area contributed by atoms with Crippen molar-refractivity contribution in [2.45, 2.75) is 32.7 Å². The first-order chi connectivity index (χ1) is 11.6. The number of carbonyl (C=O) groups excluding carboxylic acids is 1. The lowest BCUT2D eigenvalue weighted by Crippen LogP contribution is -2.10. The molecule has 0 fully saturated rings. The van der Waals surface area contributed by atoms with Crippen molar-refractivity contribution in [3.63, 3.8) is 0 Å². The Hall–Kier alpha value is -2.33. The Morgan fingerprint density at radius 3 is 2.75 bits per heavy atom. The molecule has 0 aliphatic carbocycles. The van der Waals surface area contributed by atoms with Crippen molar-refractivity contribution in [3.8, 4) is 0 Å². The second-order valence-corrected chi connectivity index (χ2v) is 6.28. The van der Waals surface area contributed by atoms with Crippen LogP contribution in [0.1, 0.15) is 41.5 Å². The van der Waals surface area contributed by atoms with E-state index in [4.69, 9.17) is 22.3 Å². The molecule has 0 aliphatic rings. The Kier molecular flexibility index (Phi) is 4.86. The second-order valence-electron chi connectivity index (χ2n) is 5.88. The normalized spacial score (nSPS) is 11.1. The number of primary amides is 1. The molecule has 0 aliphatic heterocycles. The van der Waals surface area contributed by atoms with Gasteiger partial charge in [0.15, 0.2) is 0 Å². The maximum atomic E-state index is 11.4. The Bertz CT molecular complexity index is 885. The highest BCUT2D eigenvalue weighted by Gasteiger charge is 2.13. The van der Waals surface area contributed by atoms with Crippen molar-refractivity contribution in [1.82, 2.24) is 9.55 Å². The Balaban J connectivity index is 2.08. The van der Waals surface area contributed by atoms with E-state index >= 15 is 0 Å². The van der Waals surface area contributed by atoms with Crippen LogP contribution in [0.4, 0.5) is 0 Å². The van der Waals surface area contributed by atoms with E-state index in [2.05, 4.69) is 11.5 Å². The number of imidazole rings is 1. The zero-order valence-electron chi connectivity index (χ0n) is 13.6. The van der Waals surface area contributed by atoms with Gasteiger partial charge >= 0.3 is 0 Å². The number of amides is 1. The van der Waals surface area contributed by atoms with Crippen LogP contribution in [-0.4, -0.2) is 15.5 Å². The summed E-state index contributed by atoms with van der Waals surface area (Å²) in [6.07, 6.45) is 3.05. The van der Waals surface area contributed by atoms with Gasteiger partial charge in [-0.25, -0.2) is 4.98 Å². The molecule has 1 heterocycles. The van der Waals surface area contributed by atoms with Crippen LogP contribution >= 0.6 is 11.6 Å². The molecule has 4 nitrogen and oxygen atoms in total. The van der Waals surface area contributed by atoms with Gasteiger partial charge in [0, 0.05) is 17.0 Å². The quantitative estimate of drug-likeness (QED) is 0.731. The number of aryl methyl sites for hydroxylation is 1. The molecule has 0 atom stereocenters. The summed E-state index contributed by atoms with van der Waals surface area (Å²) in [6.45, 7) is 2.82. The number of rotatable bonds is 6. The summed E-state index contributed by atoms with van der Waals surface area (Å²) in [4.78, 5) is 16.1. The lowest BCUT2D eigenvalue weighted by Gasteiger charge is -2.10. The summed E-state index contributed by atoms with van der Waals surface area (Å²) in [5.41, 5.74) is 8.70. The fourth-order valence-corrected chi connectivity index (χ4v) is 3.03. The van der Waals surface area contributed by atoms with E-state index in [1.807, 2.05) is 30.3 Å². The minimum atomic E-state index is -0.437. The summed E-state index contributed by atoms with van der Waals surface area (Å²) in [7, 11) is 0. The largest absolute Gasteiger partial charge is 0.366 e. The molecule has 0 bridgehead atoms. The highest BCUT2D eigenvalue weighted by molar-refractivity contribution is 6.31. The molecule has 5 heteroatoms. The first-order valence-electron chi connectivity index (χ1n) is 8.12. The van der Waals surface area contributed by atoms with E-state index in [1.165, 1.54) is 0 Å². The van der Waals surface area contributed by atoms with E-state index in [0.717, 1.165) is 46.7 Å². The molecule has 0 saturated heterocycles. The number of carbonyl (C=O) groups is 1. The number of hydrogen-bond acceptors (Lipinski definition) is 2. The average molecular weight is 342 g/mol. The first-order valence-corrected chi connectivity index (χ1v) is 8.50. The van der Waals surface area contributed by atoms with Gasteiger partial charge in [-0.1, -0.05) is 43.1 Å². The number of fused-ring (bicyclic) bond motifs is 1. The lowest BCUT2D eigenvalue weighted by molar-refractivity contribution is 0.100. The summed E-state index contributed by atoms with van der Waals surface area (Å²) in [6, 6.07) is 13.2. The summed E-state index contributed by atoms with van der Waals surface area (Å²) < 4.78 is 2.18. The van der Waals surface area contributed by atoms with Crippen molar-refractivity contribution >= 4 is 28.5 Å². The minimum absolute atomic E-state index is 0.437. The highest BCUT2D eigenvalue weighted by Crippen LogP contribution is 2.23. The third kappa shape index (κ3) is 3.29. The predicted molar refractivity (Wildman–Crippen MR) is 97.4 cm³/mol. The van der Waals surface area contributed by atoms with Crippen LogP contribution in [0, 0.1) is 0 Å². The molecule has 24 heavy (non-hydrogen) atoms. The second kappa shape index (κ2) is 7.05. The third-order valence-electron chi connectivity index (χ3n) is 4.15. The van der Waals surface area contributed by atoms with Gasteiger partial charge < -0.3 is 10.3 Å². The molecule has 0 saturated carbocycles. The fourth-order valence-electron chi connectivity index (χ4n) is 2.83. The molecule has 1 aromatic heterocycles. The molecular formula is C19H20ClN3O. The van der Waals surface area contributed by atoms with E-state index in [9.17, 15) is 4.79 Å². The van der Waals surface area contributed by atoms with E-state index < -0.39 is 5.91 Å². The third-order valence-corrected chi connectivity index (χ3v) is 4.52. The smallest absolute Gasteiger partial charge is 0.248 e. The molecule has 0 spiro atoms. The van der Waals surface area contributed by atoms with Crippen molar-refractivity contribution in [1.29, 1.82) is 0 Å². The van der Waals surface area contributed by atoms with Gasteiger partial charge in [-0.2, -0.15) is 0 Å². The van der Waals surface area contributed by atoms with Gasteiger partial charge in [0.2, 0.25) is 5.91 Å². The van der Waals surface area contributed by atoms with Crippen LogP contribution in [-0.2, 0) is 13.0 Å². The van der Waals surface area contributed by atoms with Crippen molar-refractivity contribution < 1.29 is 4.79 Å². The number of halogens is 1. The van der Waals surface area contributed by atoms with Gasteiger partial charge in [0.05, 0.1) is 17.6 Å². The van der Waals surface area contributed by atoms with Crippen LogP contribution in [0.3, 0.4) is 0 Å². The van der Waals surface area contributed by atoms with Crippen LogP contribution in [0.15, 0.2) is 42.5 Å². The molecule has 2 aromatic carbocycles. The average Bonchev–Trinajstić information content (AvgIpc) is 2.91. The lowest BCUT2D eigenvalue weighted by atomic mass is 10.2. The van der Waals surface area contributed by atoms with Crippen LogP contribution in [0.25, 0.3) is 11.0 Å². The maximum absolute atomic E-state index is 11.4. The number of nitrogens with zero attached hydrogens (tertiary/aromatic N) is 2. The summed E-state index contributed by atoms with van der Waals surface area (Å²) in [5, 5.41) is 0.745. The number of nitrogens with two attached hydrogens (primary N) is 1. The standard InChI is InChI=1S/C19H20ClN3O/c1-2-3-8-18-22-16-11-13(19(21)24)9-10-17(16)23(18)12-14-6-4-5-7-15(14)20/h4-7,9-11H,2-3,8,12H2,1H3,(H2,21,24). The molecule has 124 valence electrons. The van der Waals surface area contributed by atoms with Gasteiger partial charge in [-0.15, -0.1) is 0 Å². The number of aromatic nitrogens is 2. The molecule has 1 amide bonds. The number of benzene rings is 2. The molecule has 3 aromatic rings. The molecule has 0 unspecified atom stereocenters. The Labute approximate surface area is 146 Å². The van der Waals surface area contributed by atoms with Gasteiger partial charge in [0.1, 0.15) is 5.82 Å². The van der Waals surface area contributed by atoms with Crippen LogP contribution < -0.4 is 5.73 Å². The minimum Gasteiger partial charge on any atom is -0.366 e. The predicted octanol–water partition coefficient (Wildman–Crippen LogP) is 4.18. The van der Waals surface area contributed by atoms with Crippen molar-refractivity contribution in [2.24, 2.45) is 5.73 Å². The van der Waals surface area contributed by atoms with Gasteiger partial charge in [-0.3, -0.25) is 4.79 Å². The first kappa shape index (κ1) is 16.5. The van der Waals surface area contributed by atoms with Gasteiger partial charge in [-0.05, 0) is 36.2 Å². The molecule has 0 radical (unpaired) electrons. The zero-order valence-corrected chi connectivity index (χ0v) is 14.4. The van der Waals surface area contributed by atoms with Crippen LogP contribution in [0.2, 0.25) is 5.02 Å². The monoisotopic (exact) mass is 341 g/mol. The SMILES string of the molecule is CCCCc1nc2cc(C(N)=O)ccc2n1Cc1ccccc1Cl. The molecule has 3 rings (SSSR count). The maximum Gasteiger partial charge on any atom is 0.248 e. The van der Waals surface area contributed by atoms with E-state index in [-0.39, 0.29) is 0 Å². The van der Waals surface area contributed by atoms with Crippen molar-refractivity contribution in [2.75, 3.05) is 0 Å². The van der Waals surface area contributed by atoms with E-state index in [1.54, 1.807) is 12.1 Å². The van der Waals surface area contributed by atoms with Crippen molar-refractivity contribution in [3.05, 3.63) is 64.4 Å². The highest BCUT2D eigenvalue weighted by atomic mass is 35.5. The molecule has 2 N–H and O–H groups in total. The van der Waals surface area contributed by atoms with Crippen LogP contribution in [0.5, 0.6) is 0 Å². The molecular weight excluding hydrogens is 322 g/mol. The summed E-state index contributed by atoms with van der Waals surface area (Å²) in [5.74, 6) is 0.570. The number of hydrogen-bond donors (Lipinski definition) is 1. The topological polar surface area (TPSA) is 60.9 Å². The Morgan fingerprint density at radius 2 is 2.04 bits per heavy atom. The van der Waals surface area contributed by atoms with E-state index in [0.29, 0.717) is 12.1 Å². The Morgan fingerprint density at radius 1 is 1.25 bits per heavy atom. The zero-order chi connectivity index (χ0) is 17.1. The van der Waals surface area contributed by atoms with Gasteiger partial charge in [0.25, 0.3) is 0 Å².